The second kappa shape index (κ2) is 6.42. The Morgan fingerprint density at radius 3 is 2.65 bits per heavy atom. The number of benzene rings is 1. The molecule has 0 radical (unpaired) electrons. The zero-order valence-corrected chi connectivity index (χ0v) is 13.1. The van der Waals surface area contributed by atoms with Crippen LogP contribution in [0.4, 0.5) is 0 Å². The third-order valence-corrected chi connectivity index (χ3v) is 3.30. The minimum absolute atomic E-state index is 0.0786. The van der Waals surface area contributed by atoms with Crippen LogP contribution in [0.25, 0.3) is 10.9 Å². The van der Waals surface area contributed by atoms with Crippen LogP contribution in [0.1, 0.15) is 33.4 Å². The second-order valence-corrected chi connectivity index (χ2v) is 6.09. The van der Waals surface area contributed by atoms with Crippen LogP contribution in [-0.2, 0) is 17.8 Å². The van der Waals surface area contributed by atoms with E-state index in [1.165, 1.54) is 16.6 Å². The minimum Gasteiger partial charge on any atom is -0.374 e. The summed E-state index contributed by atoms with van der Waals surface area (Å²) in [6, 6.07) is 10.8. The Morgan fingerprint density at radius 2 is 1.95 bits per heavy atom. The van der Waals surface area contributed by atoms with E-state index in [1.807, 2.05) is 0 Å². The molecule has 0 atom stereocenters. The number of fused-ring (bicyclic) bond motifs is 1. The lowest BCUT2D eigenvalue weighted by Crippen LogP contribution is -2.23. The molecule has 0 bridgehead atoms. The number of para-hydroxylation sites is 1. The number of rotatable bonds is 6. The van der Waals surface area contributed by atoms with Crippen LogP contribution in [0, 0.1) is 0 Å². The molecule has 0 aliphatic rings. The van der Waals surface area contributed by atoms with E-state index in [2.05, 4.69) is 67.9 Å². The Labute approximate surface area is 121 Å². The van der Waals surface area contributed by atoms with Gasteiger partial charge in [0.15, 0.2) is 0 Å². The SMILES string of the molecule is CCNCc1cc2ccccc2n1CCOC(C)(C)C. The average Bonchev–Trinajstić information content (AvgIpc) is 2.73. The number of nitrogens with zero attached hydrogens (tertiary/aromatic N) is 1. The predicted molar refractivity (Wildman–Crippen MR) is 85.0 cm³/mol. The molecule has 0 spiro atoms. The van der Waals surface area contributed by atoms with Crippen molar-refractivity contribution in [3.8, 4) is 0 Å². The predicted octanol–water partition coefficient (Wildman–Crippen LogP) is 3.57. The Hall–Kier alpha value is -1.32. The highest BCUT2D eigenvalue weighted by Gasteiger charge is 2.12. The number of nitrogens with one attached hydrogen (secondary N) is 1. The summed E-state index contributed by atoms with van der Waals surface area (Å²) in [6.07, 6.45) is 0. The van der Waals surface area contributed by atoms with Crippen LogP contribution >= 0.6 is 0 Å². The van der Waals surface area contributed by atoms with Gasteiger partial charge < -0.3 is 14.6 Å². The first-order chi connectivity index (χ1) is 9.51. The van der Waals surface area contributed by atoms with Crippen molar-refractivity contribution in [2.75, 3.05) is 13.2 Å². The van der Waals surface area contributed by atoms with Crippen LogP contribution < -0.4 is 5.32 Å². The van der Waals surface area contributed by atoms with Gasteiger partial charge >= 0.3 is 0 Å². The molecule has 1 aromatic heterocycles. The Kier molecular flexibility index (Phi) is 4.84. The van der Waals surface area contributed by atoms with Crippen molar-refractivity contribution in [3.05, 3.63) is 36.0 Å². The summed E-state index contributed by atoms with van der Waals surface area (Å²) < 4.78 is 8.23. The van der Waals surface area contributed by atoms with Gasteiger partial charge in [-0.25, -0.2) is 0 Å². The summed E-state index contributed by atoms with van der Waals surface area (Å²) in [5, 5.41) is 4.71. The molecule has 3 heteroatoms. The maximum absolute atomic E-state index is 5.87. The molecule has 1 N–H and O–H groups in total. The summed E-state index contributed by atoms with van der Waals surface area (Å²) in [6.45, 7) is 11.9. The zero-order valence-electron chi connectivity index (χ0n) is 13.1. The number of hydrogen-bond donors (Lipinski definition) is 1. The third kappa shape index (κ3) is 3.84. The molecule has 0 saturated carbocycles. The molecule has 110 valence electrons. The Bertz CT molecular complexity index is 552. The second-order valence-electron chi connectivity index (χ2n) is 6.09. The number of hydrogen-bond acceptors (Lipinski definition) is 2. The van der Waals surface area contributed by atoms with Crippen LogP contribution in [0.5, 0.6) is 0 Å². The maximum Gasteiger partial charge on any atom is 0.0652 e. The first-order valence-electron chi connectivity index (χ1n) is 7.43. The van der Waals surface area contributed by atoms with E-state index < -0.39 is 0 Å². The van der Waals surface area contributed by atoms with Crippen molar-refractivity contribution in [1.82, 2.24) is 9.88 Å². The van der Waals surface area contributed by atoms with Crippen LogP contribution in [0.2, 0.25) is 0 Å². The normalized spacial score (nSPS) is 12.2. The van der Waals surface area contributed by atoms with Crippen molar-refractivity contribution in [1.29, 1.82) is 0 Å². The topological polar surface area (TPSA) is 26.2 Å². The molecule has 0 saturated heterocycles. The maximum atomic E-state index is 5.87. The van der Waals surface area contributed by atoms with Crippen molar-refractivity contribution >= 4 is 10.9 Å². The zero-order chi connectivity index (χ0) is 14.6. The highest BCUT2D eigenvalue weighted by molar-refractivity contribution is 5.81. The smallest absolute Gasteiger partial charge is 0.0652 e. The van der Waals surface area contributed by atoms with Gasteiger partial charge in [-0.3, -0.25) is 0 Å². The Balaban J connectivity index is 2.19. The Morgan fingerprint density at radius 1 is 1.20 bits per heavy atom. The molecule has 1 heterocycles. The molecular formula is C17H26N2O. The van der Waals surface area contributed by atoms with Gasteiger partial charge in [0.05, 0.1) is 12.2 Å². The summed E-state index contributed by atoms with van der Waals surface area (Å²) in [5.74, 6) is 0. The van der Waals surface area contributed by atoms with Gasteiger partial charge in [-0.05, 0) is 44.8 Å². The molecule has 20 heavy (non-hydrogen) atoms. The van der Waals surface area contributed by atoms with E-state index >= 15 is 0 Å². The monoisotopic (exact) mass is 274 g/mol. The summed E-state index contributed by atoms with van der Waals surface area (Å²) >= 11 is 0. The summed E-state index contributed by atoms with van der Waals surface area (Å²) in [4.78, 5) is 0. The lowest BCUT2D eigenvalue weighted by Gasteiger charge is -2.20. The standard InChI is InChI=1S/C17H26N2O/c1-5-18-13-15-12-14-8-6-7-9-16(14)19(15)10-11-20-17(2,3)4/h6-9,12,18H,5,10-11,13H2,1-4H3. The fraction of sp³-hybridized carbons (Fsp3) is 0.529. The van der Waals surface area contributed by atoms with Gasteiger partial charge in [0.25, 0.3) is 0 Å². The van der Waals surface area contributed by atoms with Crippen molar-refractivity contribution in [3.63, 3.8) is 0 Å². The van der Waals surface area contributed by atoms with Crippen LogP contribution in [-0.4, -0.2) is 23.3 Å². The van der Waals surface area contributed by atoms with E-state index in [9.17, 15) is 0 Å². The van der Waals surface area contributed by atoms with Crippen LogP contribution in [0.3, 0.4) is 0 Å². The van der Waals surface area contributed by atoms with E-state index in [0.29, 0.717) is 0 Å². The average molecular weight is 274 g/mol. The largest absolute Gasteiger partial charge is 0.374 e. The van der Waals surface area contributed by atoms with Gasteiger partial charge in [-0.2, -0.15) is 0 Å². The molecule has 0 aliphatic heterocycles. The van der Waals surface area contributed by atoms with E-state index in [1.54, 1.807) is 0 Å². The van der Waals surface area contributed by atoms with Gasteiger partial charge in [-0.15, -0.1) is 0 Å². The third-order valence-electron chi connectivity index (χ3n) is 3.30. The van der Waals surface area contributed by atoms with E-state index in [0.717, 1.165) is 26.2 Å². The van der Waals surface area contributed by atoms with Gasteiger partial charge in [0.1, 0.15) is 0 Å². The van der Waals surface area contributed by atoms with Gasteiger partial charge in [0, 0.05) is 24.3 Å². The fourth-order valence-electron chi connectivity index (χ4n) is 2.37. The number of ether oxygens (including phenoxy) is 1. The molecule has 0 unspecified atom stereocenters. The minimum atomic E-state index is -0.0786. The summed E-state index contributed by atoms with van der Waals surface area (Å²) in [5.41, 5.74) is 2.54. The van der Waals surface area contributed by atoms with Gasteiger partial charge in [0.2, 0.25) is 0 Å². The molecule has 3 nitrogen and oxygen atoms in total. The molecule has 1 aromatic carbocycles. The summed E-state index contributed by atoms with van der Waals surface area (Å²) in [7, 11) is 0. The first-order valence-corrected chi connectivity index (χ1v) is 7.43. The lowest BCUT2D eigenvalue weighted by molar-refractivity contribution is -0.00667. The molecular weight excluding hydrogens is 248 g/mol. The van der Waals surface area contributed by atoms with E-state index in [-0.39, 0.29) is 5.60 Å². The highest BCUT2D eigenvalue weighted by Crippen LogP contribution is 2.20. The van der Waals surface area contributed by atoms with E-state index in [4.69, 9.17) is 4.74 Å². The molecule has 0 amide bonds. The molecule has 0 fully saturated rings. The van der Waals surface area contributed by atoms with Crippen molar-refractivity contribution < 1.29 is 4.74 Å². The molecule has 0 aliphatic carbocycles. The lowest BCUT2D eigenvalue weighted by atomic mass is 10.2. The fourth-order valence-corrected chi connectivity index (χ4v) is 2.37. The highest BCUT2D eigenvalue weighted by atomic mass is 16.5. The van der Waals surface area contributed by atoms with Crippen LogP contribution in [0.15, 0.2) is 30.3 Å². The molecule has 2 rings (SSSR count). The van der Waals surface area contributed by atoms with Crippen molar-refractivity contribution in [2.24, 2.45) is 0 Å². The van der Waals surface area contributed by atoms with Gasteiger partial charge in [-0.1, -0.05) is 25.1 Å². The number of aromatic nitrogens is 1. The molecule has 2 aromatic rings. The van der Waals surface area contributed by atoms with Crippen molar-refractivity contribution in [2.45, 2.75) is 46.4 Å². The quantitative estimate of drug-likeness (QED) is 0.871. The first kappa shape index (κ1) is 15.1.